The lowest BCUT2D eigenvalue weighted by atomic mass is 10.1. The van der Waals surface area contributed by atoms with Crippen molar-refractivity contribution in [2.75, 3.05) is 4.43 Å². The van der Waals surface area contributed by atoms with E-state index in [9.17, 15) is 0 Å². The molecule has 4 atom stereocenters. The Labute approximate surface area is 266 Å². The monoisotopic (exact) mass is 708 g/mol. The van der Waals surface area contributed by atoms with Gasteiger partial charge < -0.3 is 18.3 Å². The van der Waals surface area contributed by atoms with Gasteiger partial charge >= 0.3 is 0 Å². The van der Waals surface area contributed by atoms with Crippen LogP contribution in [0.1, 0.15) is 68.7 Å². The second kappa shape index (κ2) is 13.4. The van der Waals surface area contributed by atoms with Crippen LogP contribution in [0.4, 0.5) is 0 Å². The Balaban J connectivity index is 1.92. The minimum Gasteiger partial charge on any atom is -0.408 e. The van der Waals surface area contributed by atoms with Crippen molar-refractivity contribution < 1.29 is 18.3 Å². The average molecular weight is 709 g/mol. The number of hydrogen-bond acceptors (Lipinski definition) is 4. The molecule has 2 aromatic rings. The van der Waals surface area contributed by atoms with E-state index in [-0.39, 0.29) is 34.5 Å². The van der Waals surface area contributed by atoms with Gasteiger partial charge in [0.05, 0.1) is 12.2 Å². The van der Waals surface area contributed by atoms with Crippen LogP contribution in [-0.4, -0.2) is 51.3 Å². The van der Waals surface area contributed by atoms with Crippen molar-refractivity contribution >= 4 is 49.6 Å². The third-order valence-electron chi connectivity index (χ3n) is 8.52. The van der Waals surface area contributed by atoms with Crippen LogP contribution in [0.3, 0.4) is 0 Å². The molecule has 0 bridgehead atoms. The van der Waals surface area contributed by atoms with Crippen molar-refractivity contribution in [1.82, 2.24) is 0 Å². The van der Waals surface area contributed by atoms with Crippen molar-refractivity contribution in [2.45, 2.75) is 122 Å². The number of hydrogen-bond donors (Lipinski definition) is 0. The summed E-state index contributed by atoms with van der Waals surface area (Å²) in [6, 6.07) is 21.7. The summed E-state index contributed by atoms with van der Waals surface area (Å²) in [6.45, 7) is 24.7. The normalized spacial score (nSPS) is 21.8. The fourth-order valence-corrected chi connectivity index (χ4v) is 12.1. The summed E-state index contributed by atoms with van der Waals surface area (Å²) in [5.41, 5.74) is 0. The maximum absolute atomic E-state index is 7.31. The van der Waals surface area contributed by atoms with Crippen LogP contribution in [-0.2, 0) is 18.3 Å². The summed E-state index contributed by atoms with van der Waals surface area (Å²) in [5, 5.41) is 2.64. The SMILES string of the molecule is C[C@H](CC=CC(O[Si](C)(C)C(C)(C)C)[C@H]1OC(C)(C)O[C@H]1CI)O[Si](c1ccccc1)(c1ccccc1)C(C)(C)C. The first kappa shape index (κ1) is 34.7. The number of rotatable bonds is 11. The van der Waals surface area contributed by atoms with Crippen LogP contribution in [0, 0.1) is 0 Å². The van der Waals surface area contributed by atoms with Crippen molar-refractivity contribution in [1.29, 1.82) is 0 Å². The van der Waals surface area contributed by atoms with Crippen LogP contribution >= 0.6 is 22.6 Å². The molecule has 1 aliphatic rings. The number of benzene rings is 2. The summed E-state index contributed by atoms with van der Waals surface area (Å²) in [4.78, 5) is 0. The molecular formula is C34H53IO4Si2. The van der Waals surface area contributed by atoms with Gasteiger partial charge in [0.15, 0.2) is 14.1 Å². The minimum atomic E-state index is -2.62. The van der Waals surface area contributed by atoms with Gasteiger partial charge in [-0.25, -0.2) is 0 Å². The fourth-order valence-electron chi connectivity index (χ4n) is 5.44. The maximum atomic E-state index is 7.31. The second-order valence-electron chi connectivity index (χ2n) is 14.4. The van der Waals surface area contributed by atoms with E-state index < -0.39 is 22.4 Å². The highest BCUT2D eigenvalue weighted by Gasteiger charge is 2.51. The lowest BCUT2D eigenvalue weighted by Crippen LogP contribution is -2.67. The molecule has 41 heavy (non-hydrogen) atoms. The molecular weight excluding hydrogens is 655 g/mol. The van der Waals surface area contributed by atoms with Crippen LogP contribution in [0.2, 0.25) is 23.2 Å². The van der Waals surface area contributed by atoms with Crippen molar-refractivity contribution in [3.63, 3.8) is 0 Å². The lowest BCUT2D eigenvalue weighted by Gasteiger charge is -2.44. The predicted molar refractivity (Wildman–Crippen MR) is 187 cm³/mol. The maximum Gasteiger partial charge on any atom is 0.261 e. The molecule has 0 spiro atoms. The second-order valence-corrected chi connectivity index (χ2v) is 24.3. The molecule has 0 aliphatic carbocycles. The Hall–Kier alpha value is -0.816. The molecule has 0 amide bonds. The molecule has 228 valence electrons. The Morgan fingerprint density at radius 3 is 1.80 bits per heavy atom. The van der Waals surface area contributed by atoms with E-state index in [0.717, 1.165) is 10.8 Å². The van der Waals surface area contributed by atoms with Crippen LogP contribution in [0.5, 0.6) is 0 Å². The summed E-state index contributed by atoms with van der Waals surface area (Å²) in [5.74, 6) is -0.622. The summed E-state index contributed by atoms with van der Waals surface area (Å²) in [6.07, 6.45) is 4.92. The van der Waals surface area contributed by atoms with Crippen molar-refractivity contribution in [3.05, 3.63) is 72.8 Å². The standard InChI is InChI=1S/C34H53IO4Si2/c1-26(38-41(33(5,6)7,27-20-14-12-15-21-27)28-22-16-13-17-23-28)19-18-24-29(39-40(10,11)32(2,3)4)31-30(25-35)36-34(8,9)37-31/h12-18,20-24,26,29-31H,19,25H2,1-11H3/t26-,29?,30+,31-/m1/s1. The zero-order chi connectivity index (χ0) is 30.7. The molecule has 1 unspecified atom stereocenters. The van der Waals surface area contributed by atoms with Gasteiger partial charge in [0.2, 0.25) is 0 Å². The minimum absolute atomic E-state index is 0.0173. The van der Waals surface area contributed by atoms with E-state index >= 15 is 0 Å². The molecule has 0 radical (unpaired) electrons. The lowest BCUT2D eigenvalue weighted by molar-refractivity contribution is -0.150. The third kappa shape index (κ3) is 8.22. The molecule has 3 rings (SSSR count). The number of ether oxygens (including phenoxy) is 2. The molecule has 7 heteroatoms. The highest BCUT2D eigenvalue weighted by Crippen LogP contribution is 2.41. The Morgan fingerprint density at radius 1 is 0.854 bits per heavy atom. The van der Waals surface area contributed by atoms with Crippen LogP contribution in [0.25, 0.3) is 0 Å². The third-order valence-corrected chi connectivity index (χ3v) is 19.0. The fraction of sp³-hybridized carbons (Fsp3) is 0.588. The first-order valence-electron chi connectivity index (χ1n) is 15.0. The largest absolute Gasteiger partial charge is 0.408 e. The van der Waals surface area contributed by atoms with Gasteiger partial charge in [-0.3, -0.25) is 0 Å². The van der Waals surface area contributed by atoms with Gasteiger partial charge in [-0.05, 0) is 60.7 Å². The molecule has 4 nitrogen and oxygen atoms in total. The molecule has 0 N–H and O–H groups in total. The van der Waals surface area contributed by atoms with E-state index in [1.54, 1.807) is 0 Å². The Bertz CT molecular complexity index is 1080. The van der Waals surface area contributed by atoms with Gasteiger partial charge in [-0.2, -0.15) is 0 Å². The Morgan fingerprint density at radius 2 is 1.37 bits per heavy atom. The topological polar surface area (TPSA) is 36.9 Å². The van der Waals surface area contributed by atoms with Gasteiger partial charge in [-0.1, -0.05) is 137 Å². The predicted octanol–water partition coefficient (Wildman–Crippen LogP) is 8.24. The van der Waals surface area contributed by atoms with Gasteiger partial charge in [0.25, 0.3) is 8.32 Å². The quantitative estimate of drug-likeness (QED) is 0.102. The van der Waals surface area contributed by atoms with Crippen LogP contribution in [0.15, 0.2) is 72.8 Å². The van der Waals surface area contributed by atoms with Gasteiger partial charge in [0, 0.05) is 10.5 Å². The highest BCUT2D eigenvalue weighted by molar-refractivity contribution is 14.1. The van der Waals surface area contributed by atoms with Crippen molar-refractivity contribution in [3.8, 4) is 0 Å². The van der Waals surface area contributed by atoms with E-state index in [0.29, 0.717) is 0 Å². The number of halogens is 1. The molecule has 0 aromatic heterocycles. The average Bonchev–Trinajstić information content (AvgIpc) is 3.20. The van der Waals surface area contributed by atoms with Gasteiger partial charge in [-0.15, -0.1) is 0 Å². The smallest absolute Gasteiger partial charge is 0.261 e. The summed E-state index contributed by atoms with van der Waals surface area (Å²) < 4.78 is 27.9. The molecule has 1 aliphatic heterocycles. The summed E-state index contributed by atoms with van der Waals surface area (Å²) in [7, 11) is -4.68. The van der Waals surface area contributed by atoms with E-state index in [4.69, 9.17) is 18.3 Å². The highest BCUT2D eigenvalue weighted by atomic mass is 127. The first-order chi connectivity index (χ1) is 18.9. The van der Waals surface area contributed by atoms with E-state index in [2.05, 4.69) is 157 Å². The Kier molecular flexibility index (Phi) is 11.4. The van der Waals surface area contributed by atoms with Crippen LogP contribution < -0.4 is 10.4 Å². The molecule has 1 heterocycles. The molecule has 0 saturated carbocycles. The molecule has 1 fully saturated rings. The summed E-state index contributed by atoms with van der Waals surface area (Å²) >= 11 is 2.40. The zero-order valence-corrected chi connectivity index (χ0v) is 31.3. The van der Waals surface area contributed by atoms with E-state index in [1.807, 2.05) is 13.8 Å². The van der Waals surface area contributed by atoms with Gasteiger partial charge in [0.1, 0.15) is 6.10 Å². The molecule has 2 aromatic carbocycles. The van der Waals surface area contributed by atoms with E-state index in [1.165, 1.54) is 10.4 Å². The first-order valence-corrected chi connectivity index (χ1v) is 21.3. The molecule has 1 saturated heterocycles. The number of alkyl halides is 1. The zero-order valence-electron chi connectivity index (χ0n) is 27.2. The van der Waals surface area contributed by atoms with Crippen molar-refractivity contribution in [2.24, 2.45) is 0 Å².